The fourth-order valence-electron chi connectivity index (χ4n) is 1.94. The maximum atomic E-state index is 12.9. The molecular formula is C15H24ClNO2S. The van der Waals surface area contributed by atoms with Crippen molar-refractivity contribution in [2.45, 2.75) is 57.4 Å². The molecule has 1 aromatic rings. The first kappa shape index (κ1) is 17.5. The Kier molecular flexibility index (Phi) is 5.28. The normalized spacial score (nSPS) is 13.0. The molecule has 0 aliphatic heterocycles. The smallest absolute Gasteiger partial charge is 0.207 e. The second-order valence-electron chi connectivity index (χ2n) is 5.81. The summed E-state index contributed by atoms with van der Waals surface area (Å²) >= 11 is 5.86. The zero-order valence-electron chi connectivity index (χ0n) is 13.1. The first-order chi connectivity index (χ1) is 9.07. The fraction of sp³-hybridized carbons (Fsp3) is 0.600. The Morgan fingerprint density at radius 2 is 1.80 bits per heavy atom. The van der Waals surface area contributed by atoms with Crippen LogP contribution in [-0.2, 0) is 15.9 Å². The molecular weight excluding hydrogens is 294 g/mol. The standard InChI is InChI=1S/C15H24ClNO2S/c1-7-15(4,5)17(6)20(18,19)14-9-13(10-16)8-11(2)12(14)3/h8-9H,7,10H2,1-6H3. The maximum Gasteiger partial charge on any atom is 0.243 e. The van der Waals surface area contributed by atoms with E-state index < -0.39 is 15.6 Å². The highest BCUT2D eigenvalue weighted by molar-refractivity contribution is 7.89. The minimum absolute atomic E-state index is 0.310. The van der Waals surface area contributed by atoms with Crippen LogP contribution in [0.15, 0.2) is 17.0 Å². The van der Waals surface area contributed by atoms with Crippen molar-refractivity contribution in [3.8, 4) is 0 Å². The number of rotatable bonds is 5. The number of hydrogen-bond acceptors (Lipinski definition) is 2. The first-order valence-corrected chi connectivity index (χ1v) is 8.70. The third-order valence-corrected chi connectivity index (χ3v) is 6.69. The molecule has 0 aliphatic carbocycles. The van der Waals surface area contributed by atoms with E-state index in [9.17, 15) is 8.42 Å². The van der Waals surface area contributed by atoms with Gasteiger partial charge in [-0.2, -0.15) is 4.31 Å². The van der Waals surface area contributed by atoms with Gasteiger partial charge in [0.15, 0.2) is 0 Å². The van der Waals surface area contributed by atoms with E-state index in [1.165, 1.54) is 4.31 Å². The summed E-state index contributed by atoms with van der Waals surface area (Å²) in [6.07, 6.45) is 0.746. The summed E-state index contributed by atoms with van der Waals surface area (Å²) in [5, 5.41) is 0. The topological polar surface area (TPSA) is 37.4 Å². The Morgan fingerprint density at radius 3 is 2.25 bits per heavy atom. The molecule has 0 saturated heterocycles. The monoisotopic (exact) mass is 317 g/mol. The second-order valence-corrected chi connectivity index (χ2v) is 8.01. The van der Waals surface area contributed by atoms with Gasteiger partial charge in [-0.3, -0.25) is 0 Å². The van der Waals surface area contributed by atoms with E-state index in [0.717, 1.165) is 23.1 Å². The van der Waals surface area contributed by atoms with Crippen LogP contribution in [0.2, 0.25) is 0 Å². The molecule has 0 atom stereocenters. The van der Waals surface area contributed by atoms with Crippen molar-refractivity contribution in [2.75, 3.05) is 7.05 Å². The molecule has 1 rings (SSSR count). The fourth-order valence-corrected chi connectivity index (χ4v) is 4.02. The lowest BCUT2D eigenvalue weighted by Gasteiger charge is -2.34. The lowest BCUT2D eigenvalue weighted by molar-refractivity contribution is 0.257. The Morgan fingerprint density at radius 1 is 1.25 bits per heavy atom. The quantitative estimate of drug-likeness (QED) is 0.773. The van der Waals surface area contributed by atoms with Gasteiger partial charge < -0.3 is 0 Å². The Balaban J connectivity index is 3.47. The van der Waals surface area contributed by atoms with Crippen LogP contribution < -0.4 is 0 Å². The van der Waals surface area contributed by atoms with Crippen LogP contribution in [0.4, 0.5) is 0 Å². The van der Waals surface area contributed by atoms with Crippen molar-refractivity contribution in [2.24, 2.45) is 0 Å². The largest absolute Gasteiger partial charge is 0.243 e. The molecule has 5 heteroatoms. The SMILES string of the molecule is CCC(C)(C)N(C)S(=O)(=O)c1cc(CCl)cc(C)c1C. The molecule has 0 aromatic heterocycles. The number of nitrogens with zero attached hydrogens (tertiary/aromatic N) is 1. The molecule has 0 N–H and O–H groups in total. The van der Waals surface area contributed by atoms with Gasteiger partial charge in [-0.15, -0.1) is 11.6 Å². The number of benzene rings is 1. The van der Waals surface area contributed by atoms with Gasteiger partial charge >= 0.3 is 0 Å². The van der Waals surface area contributed by atoms with E-state index in [0.29, 0.717) is 10.8 Å². The zero-order valence-corrected chi connectivity index (χ0v) is 14.7. The van der Waals surface area contributed by atoms with Crippen LogP contribution in [0.1, 0.15) is 43.9 Å². The third-order valence-electron chi connectivity index (χ3n) is 4.19. The van der Waals surface area contributed by atoms with Crippen LogP contribution in [0.5, 0.6) is 0 Å². The van der Waals surface area contributed by atoms with E-state index in [4.69, 9.17) is 11.6 Å². The number of aryl methyl sites for hydroxylation is 1. The first-order valence-electron chi connectivity index (χ1n) is 6.73. The summed E-state index contributed by atoms with van der Waals surface area (Å²) in [5.41, 5.74) is 2.15. The van der Waals surface area contributed by atoms with Crippen molar-refractivity contribution in [1.82, 2.24) is 4.31 Å². The van der Waals surface area contributed by atoms with Crippen LogP contribution in [0, 0.1) is 13.8 Å². The molecule has 0 radical (unpaired) electrons. The zero-order chi connectivity index (χ0) is 15.7. The molecule has 0 fully saturated rings. The Hall–Kier alpha value is -0.580. The second kappa shape index (κ2) is 6.04. The third kappa shape index (κ3) is 3.18. The van der Waals surface area contributed by atoms with Crippen LogP contribution in [0.3, 0.4) is 0 Å². The Bertz CT molecular complexity index is 594. The molecule has 3 nitrogen and oxygen atoms in total. The van der Waals surface area contributed by atoms with Gasteiger partial charge in [-0.25, -0.2) is 8.42 Å². The van der Waals surface area contributed by atoms with Crippen LogP contribution >= 0.6 is 11.6 Å². The van der Waals surface area contributed by atoms with Gasteiger partial charge in [-0.1, -0.05) is 13.0 Å². The molecule has 0 aliphatic rings. The highest BCUT2D eigenvalue weighted by atomic mass is 35.5. The van der Waals surface area contributed by atoms with E-state index in [1.54, 1.807) is 13.1 Å². The summed E-state index contributed by atoms with van der Waals surface area (Å²) in [7, 11) is -1.88. The molecule has 0 bridgehead atoms. The highest BCUT2D eigenvalue weighted by Crippen LogP contribution is 2.29. The number of hydrogen-bond donors (Lipinski definition) is 0. The van der Waals surface area contributed by atoms with Gasteiger partial charge in [0.2, 0.25) is 10.0 Å². The molecule has 1 aromatic carbocycles. The summed E-state index contributed by atoms with van der Waals surface area (Å²) < 4.78 is 27.2. The van der Waals surface area contributed by atoms with E-state index in [-0.39, 0.29) is 0 Å². The maximum absolute atomic E-state index is 12.9. The van der Waals surface area contributed by atoms with E-state index in [1.807, 2.05) is 40.7 Å². The molecule has 0 spiro atoms. The predicted octanol–water partition coefficient (Wildman–Crippen LogP) is 3.85. The van der Waals surface area contributed by atoms with Gasteiger partial charge in [-0.05, 0) is 56.9 Å². The van der Waals surface area contributed by atoms with Gasteiger partial charge in [0.05, 0.1) is 4.90 Å². The summed E-state index contributed by atoms with van der Waals surface area (Å²) in [5.74, 6) is 0.310. The number of halogens is 1. The van der Waals surface area contributed by atoms with Crippen molar-refractivity contribution >= 4 is 21.6 Å². The van der Waals surface area contributed by atoms with Crippen LogP contribution in [0.25, 0.3) is 0 Å². The predicted molar refractivity (Wildman–Crippen MR) is 84.8 cm³/mol. The van der Waals surface area contributed by atoms with Crippen molar-refractivity contribution in [1.29, 1.82) is 0 Å². The summed E-state index contributed by atoms with van der Waals surface area (Å²) in [6, 6.07) is 3.62. The average Bonchev–Trinajstić information content (AvgIpc) is 2.40. The van der Waals surface area contributed by atoms with Gasteiger partial charge in [0, 0.05) is 18.5 Å². The minimum atomic E-state index is -3.52. The highest BCUT2D eigenvalue weighted by Gasteiger charge is 2.33. The lowest BCUT2D eigenvalue weighted by atomic mass is 10.0. The molecule has 20 heavy (non-hydrogen) atoms. The molecule has 0 saturated carbocycles. The number of alkyl halides is 1. The average molecular weight is 318 g/mol. The van der Waals surface area contributed by atoms with Gasteiger partial charge in [0.25, 0.3) is 0 Å². The van der Waals surface area contributed by atoms with Crippen molar-refractivity contribution in [3.05, 3.63) is 28.8 Å². The summed E-state index contributed by atoms with van der Waals surface area (Å²) in [6.45, 7) is 9.60. The van der Waals surface area contributed by atoms with Crippen molar-refractivity contribution in [3.63, 3.8) is 0 Å². The Labute approximate surface area is 128 Å². The molecule has 114 valence electrons. The molecule has 0 heterocycles. The minimum Gasteiger partial charge on any atom is -0.207 e. The van der Waals surface area contributed by atoms with Crippen LogP contribution in [-0.4, -0.2) is 25.3 Å². The van der Waals surface area contributed by atoms with E-state index in [2.05, 4.69) is 0 Å². The van der Waals surface area contributed by atoms with E-state index >= 15 is 0 Å². The molecule has 0 unspecified atom stereocenters. The molecule has 0 amide bonds. The van der Waals surface area contributed by atoms with Gasteiger partial charge in [0.1, 0.15) is 0 Å². The van der Waals surface area contributed by atoms with Crippen molar-refractivity contribution < 1.29 is 8.42 Å². The number of sulfonamides is 1. The lowest BCUT2D eigenvalue weighted by Crippen LogP contribution is -2.44. The summed E-state index contributed by atoms with van der Waals surface area (Å²) in [4.78, 5) is 0.358.